The number of methoxy groups -OCH3 is 1. The molecule has 0 bridgehead atoms. The molecule has 2 rings (SSSR count). The van der Waals surface area contributed by atoms with E-state index in [4.69, 9.17) is 16.3 Å². The van der Waals surface area contributed by atoms with Gasteiger partial charge in [0, 0.05) is 17.2 Å². The van der Waals surface area contributed by atoms with Crippen molar-refractivity contribution in [2.75, 3.05) is 12.4 Å². The van der Waals surface area contributed by atoms with Crippen molar-refractivity contribution in [1.29, 1.82) is 0 Å². The molecule has 0 aliphatic carbocycles. The molecule has 0 aliphatic rings. The Kier molecular flexibility index (Phi) is 3.82. The van der Waals surface area contributed by atoms with Gasteiger partial charge in [0.1, 0.15) is 5.69 Å². The fraction of sp³-hybridized carbons (Fsp3) is 0.0833. The number of anilines is 2. The lowest BCUT2D eigenvalue weighted by molar-refractivity contribution is -0.383. The molecular formula is C12H10ClN3O3. The maximum absolute atomic E-state index is 10.9. The first kappa shape index (κ1) is 13.1. The highest BCUT2D eigenvalue weighted by atomic mass is 35.5. The zero-order valence-corrected chi connectivity index (χ0v) is 10.7. The molecule has 19 heavy (non-hydrogen) atoms. The first-order valence-corrected chi connectivity index (χ1v) is 5.69. The Bertz CT molecular complexity index is 602. The summed E-state index contributed by atoms with van der Waals surface area (Å²) < 4.78 is 4.93. The van der Waals surface area contributed by atoms with E-state index in [1.165, 1.54) is 31.5 Å². The summed E-state index contributed by atoms with van der Waals surface area (Å²) in [5, 5.41) is 14.2. The van der Waals surface area contributed by atoms with E-state index < -0.39 is 4.92 Å². The van der Waals surface area contributed by atoms with Crippen molar-refractivity contribution in [3.05, 3.63) is 51.7 Å². The zero-order chi connectivity index (χ0) is 13.8. The molecule has 0 radical (unpaired) electrons. The van der Waals surface area contributed by atoms with Gasteiger partial charge in [0.15, 0.2) is 0 Å². The minimum absolute atomic E-state index is 0.0554. The van der Waals surface area contributed by atoms with Crippen molar-refractivity contribution in [2.45, 2.75) is 0 Å². The molecule has 1 heterocycles. The van der Waals surface area contributed by atoms with Crippen LogP contribution in [0.25, 0.3) is 0 Å². The van der Waals surface area contributed by atoms with E-state index in [9.17, 15) is 10.1 Å². The fourth-order valence-electron chi connectivity index (χ4n) is 1.50. The molecule has 7 heteroatoms. The number of aromatic nitrogens is 1. The highest BCUT2D eigenvalue weighted by molar-refractivity contribution is 6.31. The van der Waals surface area contributed by atoms with Crippen LogP contribution in [0.5, 0.6) is 5.88 Å². The Balaban J connectivity index is 2.31. The lowest BCUT2D eigenvalue weighted by atomic mass is 10.2. The van der Waals surface area contributed by atoms with Gasteiger partial charge in [-0.1, -0.05) is 11.6 Å². The minimum atomic E-state index is -0.477. The molecule has 0 spiro atoms. The van der Waals surface area contributed by atoms with Gasteiger partial charge in [-0.3, -0.25) is 10.1 Å². The number of hydrogen-bond donors (Lipinski definition) is 1. The second-order valence-electron chi connectivity index (χ2n) is 3.63. The van der Waals surface area contributed by atoms with Crippen LogP contribution in [0.1, 0.15) is 0 Å². The van der Waals surface area contributed by atoms with Crippen LogP contribution in [0.3, 0.4) is 0 Å². The van der Waals surface area contributed by atoms with Crippen LogP contribution >= 0.6 is 11.6 Å². The van der Waals surface area contributed by atoms with Crippen LogP contribution < -0.4 is 10.1 Å². The van der Waals surface area contributed by atoms with Crippen LogP contribution in [0.4, 0.5) is 17.1 Å². The summed E-state index contributed by atoms with van der Waals surface area (Å²) in [7, 11) is 1.51. The van der Waals surface area contributed by atoms with Crippen LogP contribution in [0, 0.1) is 10.1 Å². The van der Waals surface area contributed by atoms with Gasteiger partial charge in [0.2, 0.25) is 5.88 Å². The van der Waals surface area contributed by atoms with Crippen LogP contribution in [0.15, 0.2) is 36.5 Å². The topological polar surface area (TPSA) is 77.3 Å². The summed E-state index contributed by atoms with van der Waals surface area (Å²) in [5.41, 5.74) is 0.857. The van der Waals surface area contributed by atoms with Gasteiger partial charge in [-0.05, 0) is 18.2 Å². The normalized spacial score (nSPS) is 10.0. The van der Waals surface area contributed by atoms with E-state index in [0.717, 1.165) is 0 Å². The SMILES string of the molecule is COc1ccc(Nc2cc(Cl)ccc2[N+](=O)[O-])cn1. The van der Waals surface area contributed by atoms with Crippen molar-refractivity contribution < 1.29 is 9.66 Å². The van der Waals surface area contributed by atoms with E-state index >= 15 is 0 Å². The number of rotatable bonds is 4. The number of halogens is 1. The van der Waals surface area contributed by atoms with E-state index in [1.807, 2.05) is 0 Å². The average molecular weight is 280 g/mol. The van der Waals surface area contributed by atoms with Crippen molar-refractivity contribution in [3.8, 4) is 5.88 Å². The van der Waals surface area contributed by atoms with Crippen LogP contribution in [0.2, 0.25) is 5.02 Å². The maximum atomic E-state index is 10.9. The molecule has 1 aromatic heterocycles. The number of pyridine rings is 1. The zero-order valence-electron chi connectivity index (χ0n) is 9.96. The summed E-state index contributed by atoms with van der Waals surface area (Å²) in [5.74, 6) is 0.464. The van der Waals surface area contributed by atoms with Gasteiger partial charge in [-0.25, -0.2) is 4.98 Å². The number of nitrogens with zero attached hydrogens (tertiary/aromatic N) is 2. The molecule has 0 atom stereocenters. The molecule has 6 nitrogen and oxygen atoms in total. The van der Waals surface area contributed by atoms with Gasteiger partial charge in [-0.2, -0.15) is 0 Å². The minimum Gasteiger partial charge on any atom is -0.481 e. The standard InChI is InChI=1S/C12H10ClN3O3/c1-19-12-5-3-9(7-14-12)15-10-6-8(13)2-4-11(10)16(17)18/h2-7,15H,1H3. The highest BCUT2D eigenvalue weighted by Gasteiger charge is 2.14. The second-order valence-corrected chi connectivity index (χ2v) is 4.07. The molecule has 0 unspecified atom stereocenters. The molecule has 0 saturated heterocycles. The maximum Gasteiger partial charge on any atom is 0.292 e. The molecule has 98 valence electrons. The predicted molar refractivity (Wildman–Crippen MR) is 72.2 cm³/mol. The van der Waals surface area contributed by atoms with Gasteiger partial charge in [0.25, 0.3) is 5.69 Å². The Morgan fingerprint density at radius 1 is 1.37 bits per heavy atom. The van der Waals surface area contributed by atoms with Gasteiger partial charge in [0.05, 0.1) is 23.9 Å². The molecular weight excluding hydrogens is 270 g/mol. The number of benzene rings is 1. The smallest absolute Gasteiger partial charge is 0.292 e. The lowest BCUT2D eigenvalue weighted by Crippen LogP contribution is -1.97. The Hall–Kier alpha value is -2.34. The van der Waals surface area contributed by atoms with Crippen molar-refractivity contribution in [2.24, 2.45) is 0 Å². The summed E-state index contributed by atoms with van der Waals surface area (Å²) in [6.07, 6.45) is 1.52. The van der Waals surface area contributed by atoms with E-state index in [0.29, 0.717) is 22.3 Å². The Morgan fingerprint density at radius 3 is 2.74 bits per heavy atom. The van der Waals surface area contributed by atoms with Crippen LogP contribution in [-0.4, -0.2) is 17.0 Å². The lowest BCUT2D eigenvalue weighted by Gasteiger charge is -2.07. The molecule has 0 aliphatic heterocycles. The third kappa shape index (κ3) is 3.11. The molecule has 1 aromatic carbocycles. The monoisotopic (exact) mass is 279 g/mol. The summed E-state index contributed by atoms with van der Waals surface area (Å²) in [6, 6.07) is 7.66. The number of nitro groups is 1. The predicted octanol–water partition coefficient (Wildman–Crippen LogP) is 3.40. The third-order valence-electron chi connectivity index (χ3n) is 2.38. The van der Waals surface area contributed by atoms with Crippen molar-refractivity contribution >= 4 is 28.7 Å². The Morgan fingerprint density at radius 2 is 2.16 bits per heavy atom. The van der Waals surface area contributed by atoms with Crippen molar-refractivity contribution in [3.63, 3.8) is 0 Å². The quantitative estimate of drug-likeness (QED) is 0.685. The summed E-state index contributed by atoms with van der Waals surface area (Å²) >= 11 is 5.84. The fourth-order valence-corrected chi connectivity index (χ4v) is 1.67. The largest absolute Gasteiger partial charge is 0.481 e. The van der Waals surface area contributed by atoms with Crippen molar-refractivity contribution in [1.82, 2.24) is 4.98 Å². The first-order valence-electron chi connectivity index (χ1n) is 5.31. The average Bonchev–Trinajstić information content (AvgIpc) is 2.39. The highest BCUT2D eigenvalue weighted by Crippen LogP contribution is 2.30. The van der Waals surface area contributed by atoms with E-state index in [-0.39, 0.29) is 5.69 Å². The first-order chi connectivity index (χ1) is 9.10. The van der Waals surface area contributed by atoms with E-state index in [2.05, 4.69) is 10.3 Å². The van der Waals surface area contributed by atoms with Crippen LogP contribution in [-0.2, 0) is 0 Å². The molecule has 0 fully saturated rings. The van der Waals surface area contributed by atoms with Gasteiger partial charge in [-0.15, -0.1) is 0 Å². The molecule has 0 amide bonds. The second kappa shape index (κ2) is 5.53. The number of hydrogen-bond acceptors (Lipinski definition) is 5. The summed E-state index contributed by atoms with van der Waals surface area (Å²) in [6.45, 7) is 0. The van der Waals surface area contributed by atoms with E-state index in [1.54, 1.807) is 12.1 Å². The molecule has 2 aromatic rings. The summed E-state index contributed by atoms with van der Waals surface area (Å²) in [4.78, 5) is 14.4. The number of ether oxygens (including phenoxy) is 1. The number of nitro benzene ring substituents is 1. The Labute approximate surface area is 114 Å². The van der Waals surface area contributed by atoms with Gasteiger partial charge >= 0.3 is 0 Å². The molecule has 0 saturated carbocycles. The number of nitrogens with one attached hydrogen (secondary N) is 1. The molecule has 1 N–H and O–H groups in total. The third-order valence-corrected chi connectivity index (χ3v) is 2.61. The van der Waals surface area contributed by atoms with Gasteiger partial charge < -0.3 is 10.1 Å².